The normalized spacial score (nSPS) is 66.0. The highest BCUT2D eigenvalue weighted by Gasteiger charge is 2.68. The highest BCUT2D eigenvalue weighted by molar-refractivity contribution is 5.17. The lowest BCUT2D eigenvalue weighted by Gasteiger charge is -2.48. The van der Waals surface area contributed by atoms with Crippen LogP contribution in [-0.4, -0.2) is 0 Å². The second kappa shape index (κ2) is 2.54. The van der Waals surface area contributed by atoms with Crippen LogP contribution in [0, 0.1) is 34.5 Å². The molecule has 88 valence electrons. The van der Waals surface area contributed by atoms with E-state index in [1.54, 1.807) is 64.2 Å². The van der Waals surface area contributed by atoms with E-state index in [2.05, 4.69) is 0 Å². The smallest absolute Gasteiger partial charge is 0.0207 e. The molecular weight excluding hydrogens is 192 g/mol. The largest absolute Gasteiger partial charge is 0.0499 e. The maximum atomic E-state index is 1.67. The van der Waals surface area contributed by atoms with Crippen LogP contribution in [0.1, 0.15) is 64.2 Å². The summed E-state index contributed by atoms with van der Waals surface area (Å²) < 4.78 is 0. The van der Waals surface area contributed by atoms with Gasteiger partial charge in [-0.25, -0.2) is 0 Å². The monoisotopic (exact) mass is 216 g/mol. The van der Waals surface area contributed by atoms with E-state index < -0.39 is 0 Å². The summed E-state index contributed by atoms with van der Waals surface area (Å²) in [6, 6.07) is 0. The average molecular weight is 216 g/mol. The molecule has 0 saturated heterocycles. The van der Waals surface area contributed by atoms with Gasteiger partial charge in [0.25, 0.3) is 0 Å². The van der Waals surface area contributed by atoms with Gasteiger partial charge in [-0.05, 0) is 98.7 Å². The summed E-state index contributed by atoms with van der Waals surface area (Å²) in [5.74, 6) is 4.69. The van der Waals surface area contributed by atoms with Gasteiger partial charge in [-0.2, -0.15) is 0 Å². The molecule has 6 saturated carbocycles. The Labute approximate surface area is 99.2 Å². The van der Waals surface area contributed by atoms with Crippen molar-refractivity contribution in [3.63, 3.8) is 0 Å². The van der Waals surface area contributed by atoms with Crippen molar-refractivity contribution in [3.8, 4) is 0 Å². The van der Waals surface area contributed by atoms with Crippen molar-refractivity contribution in [1.82, 2.24) is 0 Å². The van der Waals surface area contributed by atoms with Gasteiger partial charge < -0.3 is 0 Å². The number of rotatable bonds is 1. The van der Waals surface area contributed by atoms with Gasteiger partial charge in [0.1, 0.15) is 0 Å². The molecule has 0 heteroatoms. The maximum absolute atomic E-state index is 1.67. The van der Waals surface area contributed by atoms with Crippen molar-refractivity contribution in [3.05, 3.63) is 0 Å². The lowest BCUT2D eigenvalue weighted by atomic mass is 9.56. The van der Waals surface area contributed by atoms with Crippen LogP contribution in [0.15, 0.2) is 0 Å². The molecule has 2 unspecified atom stereocenters. The van der Waals surface area contributed by atoms with Crippen LogP contribution in [-0.2, 0) is 0 Å². The van der Waals surface area contributed by atoms with Gasteiger partial charge in [0.15, 0.2) is 0 Å². The predicted molar refractivity (Wildman–Crippen MR) is 65.0 cm³/mol. The summed E-state index contributed by atoms with van der Waals surface area (Å²) in [6.07, 6.45) is 16.4. The molecule has 16 heavy (non-hydrogen) atoms. The molecule has 6 aliphatic rings. The van der Waals surface area contributed by atoms with E-state index in [-0.39, 0.29) is 0 Å². The van der Waals surface area contributed by atoms with Crippen LogP contribution in [0.2, 0.25) is 0 Å². The number of hydrogen-bond acceptors (Lipinski definition) is 0. The molecule has 0 radical (unpaired) electrons. The summed E-state index contributed by atoms with van der Waals surface area (Å²) in [5, 5.41) is 0. The zero-order valence-corrected chi connectivity index (χ0v) is 10.4. The molecule has 6 aliphatic carbocycles. The van der Waals surface area contributed by atoms with Crippen molar-refractivity contribution in [2.24, 2.45) is 34.5 Å². The van der Waals surface area contributed by atoms with Gasteiger partial charge in [0.05, 0.1) is 0 Å². The fourth-order valence-electron chi connectivity index (χ4n) is 7.55. The molecular formula is C16H24. The van der Waals surface area contributed by atoms with E-state index in [1.165, 1.54) is 17.8 Å². The Morgan fingerprint density at radius 2 is 1.38 bits per heavy atom. The molecule has 0 nitrogen and oxygen atoms in total. The van der Waals surface area contributed by atoms with E-state index >= 15 is 0 Å². The van der Waals surface area contributed by atoms with E-state index in [0.717, 1.165) is 16.7 Å². The van der Waals surface area contributed by atoms with Crippen LogP contribution in [0.3, 0.4) is 0 Å². The highest BCUT2D eigenvalue weighted by Crippen LogP contribution is 2.77. The number of fused-ring (bicyclic) bond motifs is 2. The fraction of sp³-hybridized carbons (Fsp3) is 1.00. The van der Waals surface area contributed by atoms with E-state index in [1.807, 2.05) is 0 Å². The van der Waals surface area contributed by atoms with Crippen molar-refractivity contribution < 1.29 is 0 Å². The summed E-state index contributed by atoms with van der Waals surface area (Å²) in [7, 11) is 0. The first-order valence-corrected chi connectivity index (χ1v) is 7.80. The fourth-order valence-corrected chi connectivity index (χ4v) is 7.55. The first kappa shape index (κ1) is 9.00. The Hall–Kier alpha value is 0. The summed E-state index contributed by atoms with van der Waals surface area (Å²) in [6.45, 7) is 0. The summed E-state index contributed by atoms with van der Waals surface area (Å²) in [4.78, 5) is 0. The minimum Gasteiger partial charge on any atom is -0.0499 e. The molecule has 6 fully saturated rings. The van der Waals surface area contributed by atoms with Crippen LogP contribution in [0.5, 0.6) is 0 Å². The van der Waals surface area contributed by atoms with Gasteiger partial charge >= 0.3 is 0 Å². The molecule has 6 bridgehead atoms. The van der Waals surface area contributed by atoms with Gasteiger partial charge in [0.2, 0.25) is 0 Å². The van der Waals surface area contributed by atoms with Crippen LogP contribution < -0.4 is 0 Å². The minimum atomic E-state index is 0.881. The second-order valence-corrected chi connectivity index (χ2v) is 8.13. The lowest BCUT2D eigenvalue weighted by Crippen LogP contribution is -2.40. The first-order chi connectivity index (χ1) is 7.80. The molecule has 6 rings (SSSR count). The van der Waals surface area contributed by atoms with Crippen LogP contribution in [0.25, 0.3) is 0 Å². The van der Waals surface area contributed by atoms with Crippen molar-refractivity contribution in [2.75, 3.05) is 0 Å². The van der Waals surface area contributed by atoms with Crippen molar-refractivity contribution in [2.45, 2.75) is 64.2 Å². The van der Waals surface area contributed by atoms with E-state index in [0.29, 0.717) is 0 Å². The summed E-state index contributed by atoms with van der Waals surface area (Å²) in [5.41, 5.74) is 1.78. The zero-order chi connectivity index (χ0) is 10.4. The molecule has 2 atom stereocenters. The molecule has 0 aromatic heterocycles. The Bertz CT molecular complexity index is 320. The van der Waals surface area contributed by atoms with Gasteiger partial charge in [-0.3, -0.25) is 0 Å². The van der Waals surface area contributed by atoms with Crippen molar-refractivity contribution in [1.29, 1.82) is 0 Å². The van der Waals surface area contributed by atoms with Gasteiger partial charge in [-0.15, -0.1) is 0 Å². The van der Waals surface area contributed by atoms with Gasteiger partial charge in [-0.1, -0.05) is 0 Å². The second-order valence-electron chi connectivity index (χ2n) is 8.13. The predicted octanol–water partition coefficient (Wildman–Crippen LogP) is 4.39. The quantitative estimate of drug-likeness (QED) is 0.609. The molecule has 0 aliphatic heterocycles. The Morgan fingerprint density at radius 1 is 0.688 bits per heavy atom. The molecule has 0 heterocycles. The summed E-state index contributed by atoms with van der Waals surface area (Å²) >= 11 is 0. The Balaban J connectivity index is 1.62. The van der Waals surface area contributed by atoms with Crippen LogP contribution >= 0.6 is 0 Å². The van der Waals surface area contributed by atoms with Gasteiger partial charge in [0, 0.05) is 0 Å². The molecule has 0 N–H and O–H groups in total. The Morgan fingerprint density at radius 3 is 1.94 bits per heavy atom. The molecule has 0 aromatic carbocycles. The average Bonchev–Trinajstić information content (AvgIpc) is 2.97. The maximum Gasteiger partial charge on any atom is -0.0207 e. The minimum absolute atomic E-state index is 0.881. The Kier molecular flexibility index (Phi) is 1.43. The third kappa shape index (κ3) is 0.811. The van der Waals surface area contributed by atoms with E-state index in [9.17, 15) is 0 Å². The van der Waals surface area contributed by atoms with E-state index in [4.69, 9.17) is 0 Å². The first-order valence-electron chi connectivity index (χ1n) is 7.80. The highest BCUT2D eigenvalue weighted by atomic mass is 14.7. The van der Waals surface area contributed by atoms with Crippen molar-refractivity contribution >= 4 is 0 Å². The van der Waals surface area contributed by atoms with Crippen LogP contribution in [0.4, 0.5) is 0 Å². The number of hydrogen-bond donors (Lipinski definition) is 0. The zero-order valence-electron chi connectivity index (χ0n) is 10.4. The SMILES string of the molecule is C1CC2(C34CC5CC(CC3C5)C4)CCC1C2. The molecule has 0 amide bonds. The lowest BCUT2D eigenvalue weighted by molar-refractivity contribution is 0.00824. The molecule has 0 spiro atoms. The third-order valence-corrected chi connectivity index (χ3v) is 7.79. The third-order valence-electron chi connectivity index (χ3n) is 7.79. The topological polar surface area (TPSA) is 0 Å². The standard InChI is InChI=1S/C16H24/c1-3-15(4-2-11(1)8-15)16-9-12-5-13(10-16)7-14(16)6-12/h11-14H,1-10H2. The molecule has 0 aromatic rings.